The number of nitrogens with one attached hydrogen (secondary N) is 4. The molecule has 1 aromatic heterocycles. The molecule has 0 spiro atoms. The Morgan fingerprint density at radius 2 is 2.07 bits per heavy atom. The zero-order valence-electron chi connectivity index (χ0n) is 15.7. The first-order valence-electron chi connectivity index (χ1n) is 9.36. The first kappa shape index (κ1) is 18.9. The van der Waals surface area contributed by atoms with Gasteiger partial charge in [0, 0.05) is 30.6 Å². The number of amides is 3. The van der Waals surface area contributed by atoms with Gasteiger partial charge in [-0.25, -0.2) is 9.48 Å². The van der Waals surface area contributed by atoms with Gasteiger partial charge in [0.15, 0.2) is 6.29 Å². The Labute approximate surface area is 158 Å². The van der Waals surface area contributed by atoms with Gasteiger partial charge in [0.05, 0.1) is 5.69 Å². The molecule has 3 rings (SSSR count). The first-order valence-corrected chi connectivity index (χ1v) is 9.36. The van der Waals surface area contributed by atoms with Gasteiger partial charge in [0.25, 0.3) is 0 Å². The van der Waals surface area contributed by atoms with E-state index in [0.29, 0.717) is 18.8 Å². The Kier molecular flexibility index (Phi) is 6.08. The van der Waals surface area contributed by atoms with Gasteiger partial charge in [-0.3, -0.25) is 15.4 Å². The first-order chi connectivity index (χ1) is 13.1. The number of benzene rings is 1. The average Bonchev–Trinajstić information content (AvgIpc) is 3.10. The summed E-state index contributed by atoms with van der Waals surface area (Å²) in [5.74, 6) is 0.473. The van der Waals surface area contributed by atoms with Crippen LogP contribution in [0.1, 0.15) is 39.4 Å². The molecule has 27 heavy (non-hydrogen) atoms. The molecule has 1 aliphatic heterocycles. The minimum Gasteiger partial charge on any atom is -0.338 e. The molecule has 2 heterocycles. The minimum absolute atomic E-state index is 0.0382. The van der Waals surface area contributed by atoms with Crippen LogP contribution in [0.4, 0.5) is 10.6 Å². The number of rotatable bonds is 6. The summed E-state index contributed by atoms with van der Waals surface area (Å²) in [5, 5.41) is 16.5. The van der Waals surface area contributed by atoms with Crippen molar-refractivity contribution in [1.29, 1.82) is 0 Å². The van der Waals surface area contributed by atoms with Crippen molar-refractivity contribution in [2.24, 2.45) is 0 Å². The van der Waals surface area contributed by atoms with Crippen LogP contribution in [0.2, 0.25) is 0 Å². The highest BCUT2D eigenvalue weighted by molar-refractivity contribution is 5.89. The lowest BCUT2D eigenvalue weighted by molar-refractivity contribution is -0.125. The van der Waals surface area contributed by atoms with Crippen molar-refractivity contribution in [3.05, 3.63) is 36.4 Å². The summed E-state index contributed by atoms with van der Waals surface area (Å²) in [6.07, 6.45) is 1.59. The summed E-state index contributed by atoms with van der Waals surface area (Å²) < 4.78 is 1.62. The molecule has 144 valence electrons. The Bertz CT molecular complexity index is 789. The van der Waals surface area contributed by atoms with Crippen LogP contribution in [0.3, 0.4) is 0 Å². The molecule has 2 atom stereocenters. The topological polar surface area (TPSA) is 100 Å². The van der Waals surface area contributed by atoms with Gasteiger partial charge in [-0.05, 0) is 12.8 Å². The molecule has 1 aliphatic rings. The smallest absolute Gasteiger partial charge is 0.320 e. The summed E-state index contributed by atoms with van der Waals surface area (Å²) in [6.45, 7) is 4.61. The Morgan fingerprint density at radius 1 is 1.30 bits per heavy atom. The molecule has 0 radical (unpaired) electrons. The number of anilines is 1. The second-order valence-corrected chi connectivity index (χ2v) is 6.55. The molecule has 1 saturated heterocycles. The summed E-state index contributed by atoms with van der Waals surface area (Å²) in [4.78, 5) is 24.2. The van der Waals surface area contributed by atoms with Crippen molar-refractivity contribution < 1.29 is 9.59 Å². The van der Waals surface area contributed by atoms with Crippen molar-refractivity contribution in [3.63, 3.8) is 0 Å². The molecule has 2 aromatic rings. The lowest BCUT2D eigenvalue weighted by Gasteiger charge is -2.31. The van der Waals surface area contributed by atoms with E-state index in [9.17, 15) is 9.59 Å². The van der Waals surface area contributed by atoms with Gasteiger partial charge in [-0.2, -0.15) is 5.10 Å². The number of aromatic nitrogens is 2. The van der Waals surface area contributed by atoms with E-state index in [1.54, 1.807) is 4.68 Å². The second kappa shape index (κ2) is 8.68. The maximum atomic E-state index is 12.2. The normalized spacial score (nSPS) is 19.4. The fraction of sp³-hybridized carbons (Fsp3) is 0.421. The summed E-state index contributed by atoms with van der Waals surface area (Å²) in [5.41, 5.74) is 1.65. The monoisotopic (exact) mass is 370 g/mol. The largest absolute Gasteiger partial charge is 0.338 e. The molecule has 0 aliphatic carbocycles. The quantitative estimate of drug-likeness (QED) is 0.627. The van der Waals surface area contributed by atoms with E-state index in [1.165, 1.54) is 0 Å². The van der Waals surface area contributed by atoms with Crippen LogP contribution in [0.5, 0.6) is 0 Å². The highest BCUT2D eigenvalue weighted by atomic mass is 16.2. The maximum Gasteiger partial charge on any atom is 0.320 e. The van der Waals surface area contributed by atoms with Crippen LogP contribution < -0.4 is 21.3 Å². The van der Waals surface area contributed by atoms with Crippen LogP contribution in [-0.4, -0.2) is 34.3 Å². The number of nitrogens with zero attached hydrogens (tertiary/aromatic N) is 2. The van der Waals surface area contributed by atoms with Crippen molar-refractivity contribution in [2.75, 3.05) is 11.9 Å². The highest BCUT2D eigenvalue weighted by Crippen LogP contribution is 2.24. The van der Waals surface area contributed by atoms with Gasteiger partial charge >= 0.3 is 6.03 Å². The molecule has 8 heteroatoms. The number of hydrogen-bond donors (Lipinski definition) is 4. The van der Waals surface area contributed by atoms with E-state index >= 15 is 0 Å². The number of hydrogen-bond acceptors (Lipinski definition) is 4. The lowest BCUT2D eigenvalue weighted by atomic mass is 10.1. The third-order valence-corrected chi connectivity index (χ3v) is 4.44. The molecule has 3 amide bonds. The number of carbonyl (C=O) groups excluding carboxylic acids is 2. The molecular formula is C19H26N6O2. The van der Waals surface area contributed by atoms with Crippen LogP contribution in [0, 0.1) is 0 Å². The van der Waals surface area contributed by atoms with Crippen LogP contribution in [0.15, 0.2) is 36.4 Å². The molecule has 8 nitrogen and oxygen atoms in total. The summed E-state index contributed by atoms with van der Waals surface area (Å²) in [6, 6.07) is 11.3. The van der Waals surface area contributed by atoms with Crippen molar-refractivity contribution in [3.8, 4) is 11.3 Å². The van der Waals surface area contributed by atoms with Crippen LogP contribution in [0.25, 0.3) is 11.3 Å². The molecule has 4 N–H and O–H groups in total. The third kappa shape index (κ3) is 4.65. The number of urea groups is 1. The Morgan fingerprint density at radius 3 is 2.78 bits per heavy atom. The van der Waals surface area contributed by atoms with E-state index in [4.69, 9.17) is 0 Å². The molecule has 1 aromatic carbocycles. The maximum absolute atomic E-state index is 12.2. The summed E-state index contributed by atoms with van der Waals surface area (Å²) in [7, 11) is 0. The van der Waals surface area contributed by atoms with Gasteiger partial charge in [-0.1, -0.05) is 44.2 Å². The molecule has 2 unspecified atom stereocenters. The zero-order chi connectivity index (χ0) is 19.2. The molecular weight excluding hydrogens is 344 g/mol. The van der Waals surface area contributed by atoms with Crippen LogP contribution in [-0.2, 0) is 4.79 Å². The Balaban J connectivity index is 1.91. The fourth-order valence-electron chi connectivity index (χ4n) is 2.99. The van der Waals surface area contributed by atoms with Gasteiger partial charge < -0.3 is 10.6 Å². The van der Waals surface area contributed by atoms with E-state index < -0.39 is 6.29 Å². The average molecular weight is 370 g/mol. The third-order valence-electron chi connectivity index (χ3n) is 4.44. The SMILES string of the molecule is CCCNC(=O)Nc1cc(-c2ccccc2)nn1C1NC(=O)CC(CC)N1. The lowest BCUT2D eigenvalue weighted by Crippen LogP contribution is -2.53. The van der Waals surface area contributed by atoms with Crippen LogP contribution >= 0.6 is 0 Å². The van der Waals surface area contributed by atoms with E-state index in [-0.39, 0.29) is 18.0 Å². The van der Waals surface area contributed by atoms with Gasteiger partial charge in [-0.15, -0.1) is 0 Å². The fourth-order valence-corrected chi connectivity index (χ4v) is 2.99. The minimum atomic E-state index is -0.518. The molecule has 0 saturated carbocycles. The Hall–Kier alpha value is -2.87. The zero-order valence-corrected chi connectivity index (χ0v) is 15.7. The second-order valence-electron chi connectivity index (χ2n) is 6.55. The predicted molar refractivity (Wildman–Crippen MR) is 104 cm³/mol. The van der Waals surface area contributed by atoms with Crippen molar-refractivity contribution >= 4 is 17.8 Å². The van der Waals surface area contributed by atoms with Crippen molar-refractivity contribution in [2.45, 2.75) is 45.4 Å². The molecule has 1 fully saturated rings. The standard InChI is InChI=1S/C19H26N6O2/c1-3-10-20-19(27)22-16-12-15(13-8-6-5-7-9-13)24-25(16)18-21-14(4-2)11-17(26)23-18/h5-9,12,14,18,21H,3-4,10-11H2,1-2H3,(H,23,26)(H2,20,22,27). The summed E-state index contributed by atoms with van der Waals surface area (Å²) >= 11 is 0. The van der Waals surface area contributed by atoms with Gasteiger partial charge in [0.1, 0.15) is 5.82 Å². The van der Waals surface area contributed by atoms with E-state index in [0.717, 1.165) is 24.1 Å². The van der Waals surface area contributed by atoms with Gasteiger partial charge in [0.2, 0.25) is 5.91 Å². The number of carbonyl (C=O) groups is 2. The predicted octanol–water partition coefficient (Wildman–Crippen LogP) is 2.43. The van der Waals surface area contributed by atoms with E-state index in [2.05, 4.69) is 26.4 Å². The highest BCUT2D eigenvalue weighted by Gasteiger charge is 2.28. The molecule has 0 bridgehead atoms. The van der Waals surface area contributed by atoms with Crippen molar-refractivity contribution in [1.82, 2.24) is 25.7 Å². The van der Waals surface area contributed by atoms with E-state index in [1.807, 2.05) is 50.2 Å².